The molecule has 0 atom stereocenters. The van der Waals surface area contributed by atoms with Crippen molar-refractivity contribution in [1.82, 2.24) is 25.0 Å². The molecular weight excluding hydrogens is 523 g/mol. The van der Waals surface area contributed by atoms with Crippen LogP contribution in [0.2, 0.25) is 0 Å². The van der Waals surface area contributed by atoms with Gasteiger partial charge < -0.3 is 12.8 Å². The largest absolute Gasteiger partial charge is 0.451 e. The molecule has 164 valence electrons. The van der Waals surface area contributed by atoms with Gasteiger partial charge in [-0.15, -0.1) is 0 Å². The van der Waals surface area contributed by atoms with Crippen LogP contribution in [0, 0.1) is 0 Å². The number of hydrogen-bond acceptors (Lipinski definition) is 6. The second-order valence-electron chi connectivity index (χ2n) is 7.71. The van der Waals surface area contributed by atoms with Gasteiger partial charge in [0.05, 0.1) is 35.3 Å². The lowest BCUT2D eigenvalue weighted by atomic mass is 9.93. The number of carbonyl (C=O) groups is 1. The zero-order chi connectivity index (χ0) is 21.9. The Hall–Kier alpha value is -2.99. The number of anilines is 1. The molecule has 0 aromatic carbocycles. The number of halogens is 1. The summed E-state index contributed by atoms with van der Waals surface area (Å²) in [5.41, 5.74) is 2.71. The third-order valence-corrected chi connectivity index (χ3v) is 6.36. The highest BCUT2D eigenvalue weighted by Crippen LogP contribution is 2.34. The maximum atomic E-state index is 12.9. The minimum absolute atomic E-state index is 0.209. The normalized spacial score (nSPS) is 18.5. The molecule has 4 aromatic heterocycles. The number of aromatic nitrogens is 5. The molecule has 0 aliphatic heterocycles. The molecule has 4 heterocycles. The van der Waals surface area contributed by atoms with Crippen molar-refractivity contribution >= 4 is 34.6 Å². The monoisotopic (exact) mass is 544 g/mol. The highest BCUT2D eigenvalue weighted by Gasteiger charge is 2.26. The van der Waals surface area contributed by atoms with Gasteiger partial charge in [0.25, 0.3) is 5.91 Å². The van der Waals surface area contributed by atoms with E-state index < -0.39 is 0 Å². The highest BCUT2D eigenvalue weighted by atomic mass is 127. The van der Waals surface area contributed by atoms with Crippen molar-refractivity contribution in [2.45, 2.75) is 37.8 Å². The summed E-state index contributed by atoms with van der Waals surface area (Å²) >= 11 is 1.98. The van der Waals surface area contributed by atoms with Gasteiger partial charge in [-0.2, -0.15) is 10.2 Å². The molecule has 2 N–H and O–H groups in total. The molecule has 0 saturated heterocycles. The van der Waals surface area contributed by atoms with Crippen molar-refractivity contribution in [2.24, 2.45) is 0 Å². The third kappa shape index (κ3) is 4.32. The Morgan fingerprint density at radius 2 is 2.09 bits per heavy atom. The molecule has 0 radical (unpaired) electrons. The molecular formula is C22H21IN6O3. The predicted molar refractivity (Wildman–Crippen MR) is 126 cm³/mol. The van der Waals surface area contributed by atoms with Gasteiger partial charge in [0.1, 0.15) is 34.5 Å². The second kappa shape index (κ2) is 9.25. The number of rotatable bonds is 6. The summed E-state index contributed by atoms with van der Waals surface area (Å²) in [4.78, 5) is 17.4. The van der Waals surface area contributed by atoms with E-state index >= 15 is 0 Å². The Kier molecular flexibility index (Phi) is 6.04. The topological polar surface area (TPSA) is 111 Å². The number of aromatic amines is 1. The summed E-state index contributed by atoms with van der Waals surface area (Å²) in [6.07, 6.45) is 11.1. The lowest BCUT2D eigenvalue weighted by molar-refractivity contribution is 0.0997. The smallest absolute Gasteiger partial charge is 0.291 e. The van der Waals surface area contributed by atoms with Crippen molar-refractivity contribution in [3.63, 3.8) is 0 Å². The first-order chi connectivity index (χ1) is 15.7. The lowest BCUT2D eigenvalue weighted by Crippen LogP contribution is -2.21. The van der Waals surface area contributed by atoms with Gasteiger partial charge in [-0.1, -0.05) is 6.07 Å². The number of nitrogens with zero attached hydrogens (tertiary/aromatic N) is 4. The molecule has 9 nitrogen and oxygen atoms in total. The minimum atomic E-state index is -0.349. The quantitative estimate of drug-likeness (QED) is 0.330. The van der Waals surface area contributed by atoms with Gasteiger partial charge in [0, 0.05) is 18.6 Å². The van der Waals surface area contributed by atoms with E-state index in [1.807, 2.05) is 52.1 Å². The van der Waals surface area contributed by atoms with Crippen LogP contribution in [-0.4, -0.2) is 37.0 Å². The number of pyridine rings is 1. The van der Waals surface area contributed by atoms with Crippen LogP contribution in [0.5, 0.6) is 0 Å². The first-order valence-electron chi connectivity index (χ1n) is 10.4. The van der Waals surface area contributed by atoms with Gasteiger partial charge in [-0.3, -0.25) is 19.6 Å². The number of hydrogen-bond donors (Lipinski definition) is 2. The van der Waals surface area contributed by atoms with E-state index in [9.17, 15) is 4.79 Å². The van der Waals surface area contributed by atoms with Crippen LogP contribution in [0.15, 0.2) is 59.5 Å². The Labute approximate surface area is 198 Å². The first-order valence-corrected chi connectivity index (χ1v) is 11.3. The molecule has 4 aromatic rings. The number of furan rings is 1. The maximum absolute atomic E-state index is 12.9. The number of carbonyl (C=O) groups excluding carboxylic acids is 1. The number of nitrogens with one attached hydrogen (secondary N) is 2. The zero-order valence-corrected chi connectivity index (χ0v) is 19.2. The SMILES string of the molecule is O=C(Nc1cn([C@H]2CC[C@H](OI)CC2)nc1-c1ccccn1)c1ccc(-c2cn[nH]c2)o1. The first kappa shape index (κ1) is 20.9. The van der Waals surface area contributed by atoms with Crippen molar-refractivity contribution in [3.05, 3.63) is 60.9 Å². The third-order valence-electron chi connectivity index (χ3n) is 5.64. The average Bonchev–Trinajstić information content (AvgIpc) is 3.60. The van der Waals surface area contributed by atoms with E-state index in [0.29, 0.717) is 28.9 Å². The summed E-state index contributed by atoms with van der Waals surface area (Å²) in [5, 5.41) is 14.4. The summed E-state index contributed by atoms with van der Waals surface area (Å²) < 4.78 is 13.1. The average molecular weight is 544 g/mol. The van der Waals surface area contributed by atoms with Crippen LogP contribution in [0.25, 0.3) is 22.7 Å². The van der Waals surface area contributed by atoms with Crippen LogP contribution in [0.3, 0.4) is 0 Å². The molecule has 10 heteroatoms. The fourth-order valence-electron chi connectivity index (χ4n) is 3.95. The fraction of sp³-hybridized carbons (Fsp3) is 0.273. The molecule has 32 heavy (non-hydrogen) atoms. The van der Waals surface area contributed by atoms with Crippen molar-refractivity contribution in [3.8, 4) is 22.7 Å². The summed E-state index contributed by atoms with van der Waals surface area (Å²) in [5.74, 6) is 0.429. The Morgan fingerprint density at radius 3 is 2.81 bits per heavy atom. The van der Waals surface area contributed by atoms with E-state index in [-0.39, 0.29) is 17.7 Å². The van der Waals surface area contributed by atoms with Gasteiger partial charge in [0.2, 0.25) is 0 Å². The van der Waals surface area contributed by atoms with Gasteiger partial charge in [0.15, 0.2) is 5.76 Å². The van der Waals surface area contributed by atoms with Crippen molar-refractivity contribution in [2.75, 3.05) is 5.32 Å². The molecule has 1 fully saturated rings. The second-order valence-corrected chi connectivity index (χ2v) is 8.22. The number of H-pyrrole nitrogens is 1. The molecule has 1 aliphatic rings. The summed E-state index contributed by atoms with van der Waals surface area (Å²) in [7, 11) is 0. The van der Waals surface area contributed by atoms with Gasteiger partial charge in [-0.25, -0.2) is 0 Å². The van der Waals surface area contributed by atoms with E-state index in [1.165, 1.54) is 0 Å². The molecule has 1 amide bonds. The molecule has 1 aliphatic carbocycles. The van der Waals surface area contributed by atoms with Crippen LogP contribution in [-0.2, 0) is 3.07 Å². The zero-order valence-electron chi connectivity index (χ0n) is 17.1. The van der Waals surface area contributed by atoms with E-state index in [2.05, 4.69) is 20.5 Å². The molecule has 1 saturated carbocycles. The Balaban J connectivity index is 1.41. The highest BCUT2D eigenvalue weighted by molar-refractivity contribution is 14.1. The van der Waals surface area contributed by atoms with Crippen LogP contribution in [0.1, 0.15) is 42.3 Å². The van der Waals surface area contributed by atoms with E-state index in [4.69, 9.17) is 12.6 Å². The predicted octanol–water partition coefficient (Wildman–Crippen LogP) is 5.03. The van der Waals surface area contributed by atoms with Crippen LogP contribution in [0.4, 0.5) is 5.69 Å². The van der Waals surface area contributed by atoms with Crippen molar-refractivity contribution in [1.29, 1.82) is 0 Å². The van der Waals surface area contributed by atoms with Crippen LogP contribution >= 0.6 is 23.0 Å². The minimum Gasteiger partial charge on any atom is -0.451 e. The lowest BCUT2D eigenvalue weighted by Gasteiger charge is -2.26. The summed E-state index contributed by atoms with van der Waals surface area (Å²) in [6.45, 7) is 0. The summed E-state index contributed by atoms with van der Waals surface area (Å²) in [6, 6.07) is 9.28. The number of amides is 1. The Morgan fingerprint density at radius 1 is 1.22 bits per heavy atom. The van der Waals surface area contributed by atoms with Crippen molar-refractivity contribution < 1.29 is 12.3 Å². The molecule has 5 rings (SSSR count). The standard InChI is InChI=1S/C22H21IN6O3/c23-32-16-6-4-15(5-7-16)29-13-18(21(28-29)17-3-1-2-10-24-17)27-22(30)20-9-8-19(31-20)14-11-25-26-12-14/h1-3,8-13,15-16H,4-7H2,(H,25,26)(H,27,30)/t15-,16-. The van der Waals surface area contributed by atoms with E-state index in [0.717, 1.165) is 31.2 Å². The van der Waals surface area contributed by atoms with Gasteiger partial charge in [-0.05, 0) is 49.9 Å². The molecule has 0 unspecified atom stereocenters. The fourth-order valence-corrected chi connectivity index (χ4v) is 4.45. The molecule has 0 spiro atoms. The maximum Gasteiger partial charge on any atom is 0.291 e. The molecule has 0 bridgehead atoms. The Bertz CT molecular complexity index is 1180. The van der Waals surface area contributed by atoms with E-state index in [1.54, 1.807) is 30.7 Å². The van der Waals surface area contributed by atoms with Gasteiger partial charge >= 0.3 is 0 Å². The van der Waals surface area contributed by atoms with Crippen LogP contribution < -0.4 is 5.32 Å².